The van der Waals surface area contributed by atoms with Crippen LogP contribution in [0.4, 0.5) is 5.82 Å². The van der Waals surface area contributed by atoms with Gasteiger partial charge in [-0.2, -0.15) is 5.10 Å². The van der Waals surface area contributed by atoms with Crippen LogP contribution in [0.25, 0.3) is 11.0 Å². The quantitative estimate of drug-likeness (QED) is 0.720. The van der Waals surface area contributed by atoms with E-state index in [0.717, 1.165) is 46.9 Å². The number of rotatable bonds is 3. The molecule has 24 heavy (non-hydrogen) atoms. The highest BCUT2D eigenvalue weighted by atomic mass is 16.5. The molecule has 0 bridgehead atoms. The van der Waals surface area contributed by atoms with Crippen LogP contribution in [0.3, 0.4) is 0 Å². The Kier molecular flexibility index (Phi) is 3.51. The Morgan fingerprint density at radius 3 is 2.96 bits per heavy atom. The second-order valence-electron chi connectivity index (χ2n) is 5.81. The minimum atomic E-state index is 0.586. The van der Waals surface area contributed by atoms with Crippen LogP contribution in [-0.2, 0) is 20.0 Å². The van der Waals surface area contributed by atoms with Gasteiger partial charge in [0, 0.05) is 20.0 Å². The van der Waals surface area contributed by atoms with Gasteiger partial charge in [0.25, 0.3) is 0 Å². The monoisotopic (exact) mass is 325 g/mol. The molecule has 1 aliphatic heterocycles. The van der Waals surface area contributed by atoms with Gasteiger partial charge in [0.2, 0.25) is 5.88 Å². The molecule has 0 radical (unpaired) electrons. The summed E-state index contributed by atoms with van der Waals surface area (Å²) in [5.41, 5.74) is 2.94. The highest BCUT2D eigenvalue weighted by Crippen LogP contribution is 2.30. The van der Waals surface area contributed by atoms with Crippen LogP contribution in [0.15, 0.2) is 12.5 Å². The third kappa shape index (κ3) is 2.34. The van der Waals surface area contributed by atoms with E-state index in [4.69, 9.17) is 4.74 Å². The lowest BCUT2D eigenvalue weighted by molar-refractivity contribution is 0.320. The topological polar surface area (TPSA) is 81.8 Å². The van der Waals surface area contributed by atoms with Crippen molar-refractivity contribution in [3.05, 3.63) is 29.6 Å². The van der Waals surface area contributed by atoms with Crippen LogP contribution in [-0.4, -0.2) is 42.9 Å². The van der Waals surface area contributed by atoms with Crippen molar-refractivity contribution in [1.29, 1.82) is 0 Å². The van der Waals surface area contributed by atoms with Crippen molar-refractivity contribution in [1.82, 2.24) is 29.7 Å². The van der Waals surface area contributed by atoms with E-state index in [2.05, 4.69) is 29.9 Å². The standard InChI is InChI=1S/C16H19N7O/c1-4-24-16-12-8-23(6-5-13(12)17-9-18-16)15-11-7-19-22(3)14(11)20-10(2)21-15/h7,9H,4-6,8H2,1-3H3. The third-order valence-corrected chi connectivity index (χ3v) is 4.23. The average Bonchev–Trinajstić information content (AvgIpc) is 2.95. The van der Waals surface area contributed by atoms with Crippen molar-refractivity contribution >= 4 is 16.9 Å². The summed E-state index contributed by atoms with van der Waals surface area (Å²) in [6.45, 7) is 5.97. The fourth-order valence-corrected chi connectivity index (χ4v) is 3.11. The van der Waals surface area contributed by atoms with E-state index in [1.54, 1.807) is 11.0 Å². The van der Waals surface area contributed by atoms with Crippen LogP contribution in [0.2, 0.25) is 0 Å². The fourth-order valence-electron chi connectivity index (χ4n) is 3.11. The number of nitrogens with zero attached hydrogens (tertiary/aromatic N) is 7. The highest BCUT2D eigenvalue weighted by Gasteiger charge is 2.25. The maximum absolute atomic E-state index is 5.68. The minimum Gasteiger partial charge on any atom is -0.478 e. The minimum absolute atomic E-state index is 0.586. The molecular weight excluding hydrogens is 306 g/mol. The van der Waals surface area contributed by atoms with Gasteiger partial charge in [-0.15, -0.1) is 0 Å². The zero-order valence-corrected chi connectivity index (χ0v) is 14.0. The Labute approximate surface area is 139 Å². The molecule has 0 saturated carbocycles. The summed E-state index contributed by atoms with van der Waals surface area (Å²) in [6, 6.07) is 0. The maximum atomic E-state index is 5.68. The summed E-state index contributed by atoms with van der Waals surface area (Å²) in [7, 11) is 1.89. The van der Waals surface area contributed by atoms with Crippen molar-refractivity contribution < 1.29 is 4.74 Å². The summed E-state index contributed by atoms with van der Waals surface area (Å²) >= 11 is 0. The largest absolute Gasteiger partial charge is 0.478 e. The van der Waals surface area contributed by atoms with E-state index >= 15 is 0 Å². The van der Waals surface area contributed by atoms with E-state index in [-0.39, 0.29) is 0 Å². The van der Waals surface area contributed by atoms with E-state index in [1.807, 2.05) is 27.1 Å². The molecule has 0 fully saturated rings. The molecule has 0 spiro atoms. The van der Waals surface area contributed by atoms with Gasteiger partial charge >= 0.3 is 0 Å². The number of aryl methyl sites for hydroxylation is 2. The van der Waals surface area contributed by atoms with Crippen molar-refractivity contribution in [2.45, 2.75) is 26.8 Å². The molecule has 4 heterocycles. The number of aromatic nitrogens is 6. The second kappa shape index (κ2) is 5.70. The lowest BCUT2D eigenvalue weighted by Gasteiger charge is -2.30. The van der Waals surface area contributed by atoms with Crippen molar-refractivity contribution in [3.63, 3.8) is 0 Å². The van der Waals surface area contributed by atoms with Gasteiger partial charge in [0.05, 0.1) is 36.0 Å². The number of fused-ring (bicyclic) bond motifs is 2. The van der Waals surface area contributed by atoms with Gasteiger partial charge in [-0.1, -0.05) is 0 Å². The normalized spacial score (nSPS) is 14.0. The summed E-state index contributed by atoms with van der Waals surface area (Å²) < 4.78 is 7.45. The molecule has 4 rings (SSSR count). The molecule has 3 aromatic rings. The fraction of sp³-hybridized carbons (Fsp3) is 0.438. The molecule has 3 aromatic heterocycles. The Hall–Kier alpha value is -2.77. The van der Waals surface area contributed by atoms with E-state index in [9.17, 15) is 0 Å². The predicted octanol–water partition coefficient (Wildman–Crippen LogP) is 1.42. The first-order valence-electron chi connectivity index (χ1n) is 8.04. The van der Waals surface area contributed by atoms with Gasteiger partial charge in [-0.3, -0.25) is 4.68 Å². The Bertz CT molecular complexity index is 905. The van der Waals surface area contributed by atoms with Crippen LogP contribution in [0, 0.1) is 6.92 Å². The molecule has 8 nitrogen and oxygen atoms in total. The first kappa shape index (κ1) is 14.8. The van der Waals surface area contributed by atoms with Crippen molar-refractivity contribution in [2.75, 3.05) is 18.1 Å². The number of anilines is 1. The summed E-state index contributed by atoms with van der Waals surface area (Å²) in [6.07, 6.45) is 4.24. The van der Waals surface area contributed by atoms with Crippen LogP contribution >= 0.6 is 0 Å². The summed E-state index contributed by atoms with van der Waals surface area (Å²) in [5, 5.41) is 5.28. The van der Waals surface area contributed by atoms with E-state index < -0.39 is 0 Å². The first-order chi connectivity index (χ1) is 11.7. The van der Waals surface area contributed by atoms with Gasteiger partial charge in [0.15, 0.2) is 5.65 Å². The first-order valence-corrected chi connectivity index (χ1v) is 8.04. The van der Waals surface area contributed by atoms with Gasteiger partial charge in [-0.25, -0.2) is 19.9 Å². The zero-order valence-electron chi connectivity index (χ0n) is 14.0. The van der Waals surface area contributed by atoms with Crippen molar-refractivity contribution in [2.24, 2.45) is 7.05 Å². The van der Waals surface area contributed by atoms with E-state index in [1.165, 1.54) is 0 Å². The third-order valence-electron chi connectivity index (χ3n) is 4.23. The number of ether oxygens (including phenoxy) is 1. The lowest BCUT2D eigenvalue weighted by Crippen LogP contribution is -2.32. The number of hydrogen-bond acceptors (Lipinski definition) is 7. The van der Waals surface area contributed by atoms with Gasteiger partial charge in [0.1, 0.15) is 18.0 Å². The predicted molar refractivity (Wildman–Crippen MR) is 89.0 cm³/mol. The van der Waals surface area contributed by atoms with Crippen molar-refractivity contribution in [3.8, 4) is 5.88 Å². The Morgan fingerprint density at radius 1 is 1.25 bits per heavy atom. The molecule has 0 amide bonds. The molecule has 0 N–H and O–H groups in total. The van der Waals surface area contributed by atoms with Crippen LogP contribution in [0.5, 0.6) is 5.88 Å². The average molecular weight is 325 g/mol. The highest BCUT2D eigenvalue weighted by molar-refractivity contribution is 5.87. The molecule has 0 saturated heterocycles. The molecule has 0 unspecified atom stereocenters. The molecule has 124 valence electrons. The zero-order chi connectivity index (χ0) is 16.7. The van der Waals surface area contributed by atoms with Crippen LogP contribution in [0.1, 0.15) is 24.0 Å². The molecule has 8 heteroatoms. The van der Waals surface area contributed by atoms with Crippen LogP contribution < -0.4 is 9.64 Å². The lowest BCUT2D eigenvalue weighted by atomic mass is 10.1. The molecule has 0 aromatic carbocycles. The molecular formula is C16H19N7O. The number of hydrogen-bond donors (Lipinski definition) is 0. The molecule has 0 atom stereocenters. The Balaban J connectivity index is 1.78. The maximum Gasteiger partial charge on any atom is 0.221 e. The Morgan fingerprint density at radius 2 is 2.12 bits per heavy atom. The molecule has 1 aliphatic rings. The smallest absolute Gasteiger partial charge is 0.221 e. The van der Waals surface area contributed by atoms with E-state index in [0.29, 0.717) is 19.0 Å². The SMILES string of the molecule is CCOc1ncnc2c1CN(c1nc(C)nc3c1cnn3C)CC2. The molecule has 0 aliphatic carbocycles. The summed E-state index contributed by atoms with van der Waals surface area (Å²) in [5.74, 6) is 2.31. The second-order valence-corrected chi connectivity index (χ2v) is 5.81. The van der Waals surface area contributed by atoms with Gasteiger partial charge in [-0.05, 0) is 13.8 Å². The van der Waals surface area contributed by atoms with Gasteiger partial charge < -0.3 is 9.64 Å². The summed E-state index contributed by atoms with van der Waals surface area (Å²) in [4.78, 5) is 20.1.